The molecule has 5 nitrogen and oxygen atoms in total. The number of rotatable bonds is 7. The van der Waals surface area contributed by atoms with Gasteiger partial charge in [0.25, 0.3) is 5.91 Å². The predicted octanol–water partition coefficient (Wildman–Crippen LogP) is 4.25. The van der Waals surface area contributed by atoms with E-state index < -0.39 is 25.1 Å². The van der Waals surface area contributed by atoms with Gasteiger partial charge in [0.05, 0.1) is 0 Å². The number of nitrogens with one attached hydrogen (secondary N) is 1. The van der Waals surface area contributed by atoms with E-state index in [0.29, 0.717) is 11.3 Å². The van der Waals surface area contributed by atoms with Crippen LogP contribution in [0.25, 0.3) is 6.08 Å². The van der Waals surface area contributed by atoms with Crippen LogP contribution in [-0.2, 0) is 14.3 Å². The van der Waals surface area contributed by atoms with Gasteiger partial charge in [-0.05, 0) is 42.0 Å². The van der Waals surface area contributed by atoms with Gasteiger partial charge >= 0.3 is 12.6 Å². The molecular weight excluding hydrogens is 412 g/mol. The molecule has 0 spiro atoms. The number of alkyl halides is 2. The normalized spacial score (nSPS) is 10.8. The minimum Gasteiger partial charge on any atom is -0.452 e. The fraction of sp³-hybridized carbons (Fsp3) is 0.111. The van der Waals surface area contributed by atoms with E-state index in [0.717, 1.165) is 10.5 Å². The summed E-state index contributed by atoms with van der Waals surface area (Å²) in [4.78, 5) is 23.3. The van der Waals surface area contributed by atoms with E-state index in [1.165, 1.54) is 30.3 Å². The Hall–Kier alpha value is -2.74. The Kier molecular flexibility index (Phi) is 7.28. The first-order valence-corrected chi connectivity index (χ1v) is 8.17. The molecule has 0 bridgehead atoms. The zero-order valence-electron chi connectivity index (χ0n) is 13.3. The average molecular weight is 426 g/mol. The van der Waals surface area contributed by atoms with E-state index in [4.69, 9.17) is 4.74 Å². The fourth-order valence-corrected chi connectivity index (χ4v) is 2.27. The quantitative estimate of drug-likeness (QED) is 0.532. The maximum absolute atomic E-state index is 12.0. The maximum Gasteiger partial charge on any atom is 0.387 e. The Morgan fingerprint density at radius 3 is 2.54 bits per heavy atom. The summed E-state index contributed by atoms with van der Waals surface area (Å²) in [5.41, 5.74) is 1.16. The monoisotopic (exact) mass is 425 g/mol. The first-order chi connectivity index (χ1) is 12.4. The van der Waals surface area contributed by atoms with Crippen LogP contribution in [0.3, 0.4) is 0 Å². The summed E-state index contributed by atoms with van der Waals surface area (Å²) in [7, 11) is 0. The molecule has 0 aliphatic heterocycles. The Labute approximate surface area is 156 Å². The predicted molar refractivity (Wildman–Crippen MR) is 95.8 cm³/mol. The van der Waals surface area contributed by atoms with Crippen molar-refractivity contribution < 1.29 is 27.8 Å². The number of ether oxygens (including phenoxy) is 2. The summed E-state index contributed by atoms with van der Waals surface area (Å²) in [5.74, 6) is -1.16. The molecule has 0 aromatic heterocycles. The van der Waals surface area contributed by atoms with E-state index >= 15 is 0 Å². The average Bonchev–Trinajstić information content (AvgIpc) is 2.59. The van der Waals surface area contributed by atoms with E-state index in [1.807, 2.05) is 6.07 Å². The van der Waals surface area contributed by atoms with E-state index in [9.17, 15) is 18.4 Å². The van der Waals surface area contributed by atoms with Crippen LogP contribution in [0.5, 0.6) is 5.75 Å². The minimum atomic E-state index is -2.89. The largest absolute Gasteiger partial charge is 0.452 e. The van der Waals surface area contributed by atoms with Crippen molar-refractivity contribution in [3.8, 4) is 5.75 Å². The number of anilines is 1. The summed E-state index contributed by atoms with van der Waals surface area (Å²) in [6.07, 6.45) is 2.57. The van der Waals surface area contributed by atoms with Gasteiger partial charge in [0.1, 0.15) is 5.75 Å². The highest BCUT2D eigenvalue weighted by molar-refractivity contribution is 9.10. The lowest BCUT2D eigenvalue weighted by Gasteiger charge is -2.05. The summed E-state index contributed by atoms with van der Waals surface area (Å²) >= 11 is 3.28. The van der Waals surface area contributed by atoms with Crippen LogP contribution >= 0.6 is 15.9 Å². The maximum atomic E-state index is 12.0. The molecule has 0 unspecified atom stereocenters. The number of hydrogen-bond acceptors (Lipinski definition) is 4. The standard InChI is InChI=1S/C18H14BrF2NO4/c19-13-2-1-3-14(10-13)22-16(23)11-25-17(24)9-6-12-4-7-15(8-5-12)26-18(20)21/h1-10,18H,11H2,(H,22,23)/b9-6+. The molecular formula is C18H14BrF2NO4. The first kappa shape index (κ1) is 19.6. The van der Waals surface area contributed by atoms with Gasteiger partial charge in [-0.25, -0.2) is 4.79 Å². The van der Waals surface area contributed by atoms with Crippen molar-refractivity contribution in [1.29, 1.82) is 0 Å². The highest BCUT2D eigenvalue weighted by atomic mass is 79.9. The Morgan fingerprint density at radius 1 is 1.15 bits per heavy atom. The van der Waals surface area contributed by atoms with Crippen LogP contribution in [0.4, 0.5) is 14.5 Å². The van der Waals surface area contributed by atoms with Gasteiger partial charge in [0.15, 0.2) is 6.61 Å². The van der Waals surface area contributed by atoms with Gasteiger partial charge < -0.3 is 14.8 Å². The Balaban J connectivity index is 1.78. The second kappa shape index (κ2) is 9.67. The highest BCUT2D eigenvalue weighted by Gasteiger charge is 2.06. The van der Waals surface area contributed by atoms with Crippen molar-refractivity contribution in [2.24, 2.45) is 0 Å². The van der Waals surface area contributed by atoms with Gasteiger partial charge in [-0.2, -0.15) is 8.78 Å². The van der Waals surface area contributed by atoms with Gasteiger partial charge in [-0.15, -0.1) is 0 Å². The molecule has 0 aliphatic carbocycles. The molecule has 1 N–H and O–H groups in total. The molecule has 26 heavy (non-hydrogen) atoms. The summed E-state index contributed by atoms with van der Waals surface area (Å²) in [6, 6.07) is 12.7. The van der Waals surface area contributed by atoms with Crippen molar-refractivity contribution in [1.82, 2.24) is 0 Å². The number of hydrogen-bond donors (Lipinski definition) is 1. The Morgan fingerprint density at radius 2 is 1.88 bits per heavy atom. The summed E-state index contributed by atoms with van der Waals surface area (Å²) in [6.45, 7) is -3.33. The van der Waals surface area contributed by atoms with Crippen molar-refractivity contribution in [3.63, 3.8) is 0 Å². The second-order valence-electron chi connectivity index (χ2n) is 4.95. The Bertz CT molecular complexity index is 794. The first-order valence-electron chi connectivity index (χ1n) is 7.37. The molecule has 0 atom stereocenters. The molecule has 0 fully saturated rings. The molecule has 2 aromatic rings. The molecule has 0 radical (unpaired) electrons. The number of benzene rings is 2. The molecule has 0 aliphatic rings. The molecule has 2 rings (SSSR count). The third-order valence-corrected chi connectivity index (χ3v) is 3.46. The zero-order valence-corrected chi connectivity index (χ0v) is 14.9. The second-order valence-corrected chi connectivity index (χ2v) is 5.86. The van der Waals surface area contributed by atoms with Crippen molar-refractivity contribution in [3.05, 3.63) is 64.6 Å². The molecule has 1 amide bonds. The summed E-state index contributed by atoms with van der Waals surface area (Å²) in [5, 5.41) is 2.59. The number of amides is 1. The summed E-state index contributed by atoms with van der Waals surface area (Å²) < 4.78 is 34.0. The van der Waals surface area contributed by atoms with Gasteiger partial charge in [0, 0.05) is 16.2 Å². The molecule has 2 aromatic carbocycles. The fourth-order valence-electron chi connectivity index (χ4n) is 1.87. The van der Waals surface area contributed by atoms with Gasteiger partial charge in [0.2, 0.25) is 0 Å². The molecule has 0 saturated carbocycles. The lowest BCUT2D eigenvalue weighted by molar-refractivity contribution is -0.142. The number of carbonyl (C=O) groups excluding carboxylic acids is 2. The van der Waals surface area contributed by atoms with Crippen molar-refractivity contribution in [2.45, 2.75) is 6.61 Å². The van der Waals surface area contributed by atoms with E-state index in [1.54, 1.807) is 18.2 Å². The smallest absolute Gasteiger partial charge is 0.387 e. The van der Waals surface area contributed by atoms with Crippen LogP contribution < -0.4 is 10.1 Å². The topological polar surface area (TPSA) is 64.6 Å². The van der Waals surface area contributed by atoms with Crippen LogP contribution in [0.2, 0.25) is 0 Å². The SMILES string of the molecule is O=C(COC(=O)/C=C/c1ccc(OC(F)F)cc1)Nc1cccc(Br)c1. The van der Waals surface area contributed by atoms with Crippen LogP contribution in [0.1, 0.15) is 5.56 Å². The van der Waals surface area contributed by atoms with Crippen LogP contribution in [-0.4, -0.2) is 25.1 Å². The third kappa shape index (κ3) is 7.02. The van der Waals surface area contributed by atoms with Crippen LogP contribution in [0, 0.1) is 0 Å². The molecule has 8 heteroatoms. The number of halogens is 3. The van der Waals surface area contributed by atoms with E-state index in [2.05, 4.69) is 26.0 Å². The number of carbonyl (C=O) groups is 2. The molecule has 0 heterocycles. The zero-order chi connectivity index (χ0) is 18.9. The van der Waals surface area contributed by atoms with Gasteiger partial charge in [-0.1, -0.05) is 34.1 Å². The van der Waals surface area contributed by atoms with Crippen LogP contribution in [0.15, 0.2) is 59.1 Å². The lowest BCUT2D eigenvalue weighted by atomic mass is 10.2. The van der Waals surface area contributed by atoms with E-state index in [-0.39, 0.29) is 5.75 Å². The van der Waals surface area contributed by atoms with Crippen molar-refractivity contribution in [2.75, 3.05) is 11.9 Å². The van der Waals surface area contributed by atoms with Crippen molar-refractivity contribution >= 4 is 39.6 Å². The van der Waals surface area contributed by atoms with Gasteiger partial charge in [-0.3, -0.25) is 4.79 Å². The molecule has 0 saturated heterocycles. The number of esters is 1. The minimum absolute atomic E-state index is 0.0175. The lowest BCUT2D eigenvalue weighted by Crippen LogP contribution is -2.20. The molecule has 136 valence electrons. The third-order valence-electron chi connectivity index (χ3n) is 2.97. The highest BCUT2D eigenvalue weighted by Crippen LogP contribution is 2.16.